The molecule has 2 aromatic heterocycles. The van der Waals surface area contributed by atoms with Crippen LogP contribution >= 0.6 is 11.3 Å². The molecular weight excluding hydrogens is 330 g/mol. The first-order valence-corrected chi connectivity index (χ1v) is 8.82. The number of nitrogens with zero attached hydrogens (tertiary/aromatic N) is 2. The van der Waals surface area contributed by atoms with Crippen molar-refractivity contribution >= 4 is 44.7 Å². The molecule has 0 saturated carbocycles. The molecule has 2 heterocycles. The number of nitrogens with one attached hydrogen (secondary N) is 2. The molecule has 0 bridgehead atoms. The molecular formula is C19H17N5S. The lowest BCUT2D eigenvalue weighted by Gasteiger charge is -2.11. The van der Waals surface area contributed by atoms with Crippen LogP contribution in [0.4, 0.5) is 23.1 Å². The molecule has 0 aliphatic rings. The van der Waals surface area contributed by atoms with Crippen molar-refractivity contribution in [3.63, 3.8) is 0 Å². The van der Waals surface area contributed by atoms with E-state index in [1.807, 2.05) is 53.9 Å². The Morgan fingerprint density at radius 1 is 0.920 bits per heavy atom. The number of anilines is 4. The maximum absolute atomic E-state index is 6.00. The first-order valence-electron chi connectivity index (χ1n) is 7.94. The average molecular weight is 347 g/mol. The number of para-hydroxylation sites is 2. The quantitative estimate of drug-likeness (QED) is 0.459. The van der Waals surface area contributed by atoms with Crippen molar-refractivity contribution in [1.29, 1.82) is 0 Å². The smallest absolute Gasteiger partial charge is 0.230 e. The van der Waals surface area contributed by atoms with E-state index >= 15 is 0 Å². The molecule has 124 valence electrons. The highest BCUT2D eigenvalue weighted by Crippen LogP contribution is 2.29. The number of benzene rings is 2. The number of rotatable bonds is 5. The Hall–Kier alpha value is -3.12. The van der Waals surface area contributed by atoms with E-state index in [1.165, 1.54) is 5.56 Å². The van der Waals surface area contributed by atoms with E-state index in [1.54, 1.807) is 11.3 Å². The van der Waals surface area contributed by atoms with E-state index in [0.29, 0.717) is 18.2 Å². The minimum Gasteiger partial charge on any atom is -0.397 e. The Morgan fingerprint density at radius 2 is 1.72 bits per heavy atom. The summed E-state index contributed by atoms with van der Waals surface area (Å²) >= 11 is 1.59. The molecule has 6 heteroatoms. The number of nitrogen functional groups attached to an aromatic ring is 1. The Morgan fingerprint density at radius 3 is 2.56 bits per heavy atom. The maximum Gasteiger partial charge on any atom is 0.230 e. The Labute approximate surface area is 149 Å². The first kappa shape index (κ1) is 15.4. The zero-order valence-electron chi connectivity index (χ0n) is 13.4. The van der Waals surface area contributed by atoms with Gasteiger partial charge in [0.1, 0.15) is 10.6 Å². The summed E-state index contributed by atoms with van der Waals surface area (Å²) in [5.41, 5.74) is 8.66. The van der Waals surface area contributed by atoms with Gasteiger partial charge in [-0.05, 0) is 29.1 Å². The van der Waals surface area contributed by atoms with Gasteiger partial charge in [-0.1, -0.05) is 42.5 Å². The normalized spacial score (nSPS) is 10.7. The van der Waals surface area contributed by atoms with Crippen LogP contribution in [0, 0.1) is 0 Å². The molecule has 4 N–H and O–H groups in total. The number of fused-ring (bicyclic) bond motifs is 1. The van der Waals surface area contributed by atoms with Gasteiger partial charge in [0, 0.05) is 6.54 Å². The van der Waals surface area contributed by atoms with Crippen LogP contribution in [0.1, 0.15) is 5.56 Å². The summed E-state index contributed by atoms with van der Waals surface area (Å²) in [6.07, 6.45) is 0. The van der Waals surface area contributed by atoms with Gasteiger partial charge in [0.2, 0.25) is 5.95 Å². The van der Waals surface area contributed by atoms with Crippen LogP contribution < -0.4 is 16.4 Å². The third kappa shape index (κ3) is 3.39. The van der Waals surface area contributed by atoms with E-state index in [2.05, 4.69) is 32.7 Å². The Bertz CT molecular complexity index is 997. The second-order valence-corrected chi connectivity index (χ2v) is 6.48. The molecule has 0 aliphatic heterocycles. The molecule has 2 aromatic carbocycles. The molecule has 0 fully saturated rings. The molecule has 0 spiro atoms. The molecule has 0 amide bonds. The van der Waals surface area contributed by atoms with E-state index in [4.69, 9.17) is 5.73 Å². The van der Waals surface area contributed by atoms with Crippen LogP contribution in [0.15, 0.2) is 66.0 Å². The second kappa shape index (κ2) is 6.78. The van der Waals surface area contributed by atoms with Crippen LogP contribution in [0.3, 0.4) is 0 Å². The van der Waals surface area contributed by atoms with E-state index in [-0.39, 0.29) is 0 Å². The van der Waals surface area contributed by atoms with E-state index in [0.717, 1.165) is 21.7 Å². The van der Waals surface area contributed by atoms with Gasteiger partial charge in [-0.25, -0.2) is 4.98 Å². The maximum atomic E-state index is 6.00. The molecule has 4 aromatic rings. The zero-order valence-corrected chi connectivity index (χ0v) is 14.3. The van der Waals surface area contributed by atoms with Crippen molar-refractivity contribution in [3.05, 3.63) is 71.6 Å². The third-order valence-electron chi connectivity index (χ3n) is 3.84. The minimum absolute atomic E-state index is 0.531. The molecule has 0 radical (unpaired) electrons. The fourth-order valence-electron chi connectivity index (χ4n) is 2.56. The van der Waals surface area contributed by atoms with Gasteiger partial charge in [-0.15, -0.1) is 11.3 Å². The molecule has 0 unspecified atom stereocenters. The number of hydrogen-bond donors (Lipinski definition) is 3. The summed E-state index contributed by atoms with van der Waals surface area (Å²) in [5.74, 6) is 1.34. The standard InChI is InChI=1S/C19H17N5S/c20-15-8-4-5-9-16(15)22-19-23-17(14-10-11-25-18(14)24-19)21-12-13-6-2-1-3-7-13/h1-11H,12,20H2,(H2,21,22,23,24). The number of nitrogens with two attached hydrogens (primary N) is 1. The molecule has 0 atom stereocenters. The van der Waals surface area contributed by atoms with Gasteiger partial charge in [-0.3, -0.25) is 0 Å². The SMILES string of the molecule is Nc1ccccc1Nc1nc(NCc2ccccc2)c2ccsc2n1. The van der Waals surface area contributed by atoms with Crippen molar-refractivity contribution in [1.82, 2.24) is 9.97 Å². The number of thiophene rings is 1. The minimum atomic E-state index is 0.531. The monoisotopic (exact) mass is 347 g/mol. The highest BCUT2D eigenvalue weighted by Gasteiger charge is 2.10. The van der Waals surface area contributed by atoms with Crippen LogP contribution in [0.5, 0.6) is 0 Å². The summed E-state index contributed by atoms with van der Waals surface area (Å²) < 4.78 is 0. The average Bonchev–Trinajstić information content (AvgIpc) is 3.11. The van der Waals surface area contributed by atoms with Crippen LogP contribution in [-0.2, 0) is 6.54 Å². The third-order valence-corrected chi connectivity index (χ3v) is 4.64. The van der Waals surface area contributed by atoms with Crippen molar-refractivity contribution < 1.29 is 0 Å². The van der Waals surface area contributed by atoms with E-state index < -0.39 is 0 Å². The largest absolute Gasteiger partial charge is 0.397 e. The summed E-state index contributed by atoms with van der Waals surface area (Å²) in [6.45, 7) is 0.704. The lowest BCUT2D eigenvalue weighted by Crippen LogP contribution is -2.05. The fraction of sp³-hybridized carbons (Fsp3) is 0.0526. The molecule has 0 aliphatic carbocycles. The number of hydrogen-bond acceptors (Lipinski definition) is 6. The summed E-state index contributed by atoms with van der Waals surface area (Å²) in [5, 5.41) is 9.67. The van der Waals surface area contributed by atoms with Crippen molar-refractivity contribution in [2.75, 3.05) is 16.4 Å². The Kier molecular flexibility index (Phi) is 4.18. The molecule has 5 nitrogen and oxygen atoms in total. The van der Waals surface area contributed by atoms with E-state index in [9.17, 15) is 0 Å². The topological polar surface area (TPSA) is 75.9 Å². The first-order chi connectivity index (χ1) is 12.3. The lowest BCUT2D eigenvalue weighted by atomic mass is 10.2. The van der Waals surface area contributed by atoms with Crippen LogP contribution in [0.25, 0.3) is 10.2 Å². The number of aromatic nitrogens is 2. The Balaban J connectivity index is 1.64. The summed E-state index contributed by atoms with van der Waals surface area (Å²) in [4.78, 5) is 10.2. The molecule has 4 rings (SSSR count). The summed E-state index contributed by atoms with van der Waals surface area (Å²) in [7, 11) is 0. The molecule has 25 heavy (non-hydrogen) atoms. The van der Waals surface area contributed by atoms with Gasteiger partial charge in [0.15, 0.2) is 0 Å². The lowest BCUT2D eigenvalue weighted by molar-refractivity contribution is 1.11. The fourth-order valence-corrected chi connectivity index (χ4v) is 3.32. The highest BCUT2D eigenvalue weighted by atomic mass is 32.1. The predicted molar refractivity (Wildman–Crippen MR) is 105 cm³/mol. The second-order valence-electron chi connectivity index (χ2n) is 5.59. The van der Waals surface area contributed by atoms with Gasteiger partial charge in [-0.2, -0.15) is 4.98 Å². The van der Waals surface area contributed by atoms with Crippen molar-refractivity contribution in [2.24, 2.45) is 0 Å². The van der Waals surface area contributed by atoms with Gasteiger partial charge >= 0.3 is 0 Å². The van der Waals surface area contributed by atoms with Gasteiger partial charge < -0.3 is 16.4 Å². The predicted octanol–water partition coefficient (Wildman–Crippen LogP) is 4.63. The van der Waals surface area contributed by atoms with Gasteiger partial charge in [0.05, 0.1) is 16.8 Å². The van der Waals surface area contributed by atoms with Crippen LogP contribution in [-0.4, -0.2) is 9.97 Å². The van der Waals surface area contributed by atoms with Gasteiger partial charge in [0.25, 0.3) is 0 Å². The van der Waals surface area contributed by atoms with Crippen LogP contribution in [0.2, 0.25) is 0 Å². The van der Waals surface area contributed by atoms with Crippen molar-refractivity contribution in [2.45, 2.75) is 6.54 Å². The zero-order chi connectivity index (χ0) is 17.1. The summed E-state index contributed by atoms with van der Waals surface area (Å²) in [6, 6.07) is 19.9. The van der Waals surface area contributed by atoms with Crippen molar-refractivity contribution in [3.8, 4) is 0 Å². The highest BCUT2D eigenvalue weighted by molar-refractivity contribution is 7.16. The molecule has 0 saturated heterocycles.